The summed E-state index contributed by atoms with van der Waals surface area (Å²) in [5.41, 5.74) is 4.04. The highest BCUT2D eigenvalue weighted by Crippen LogP contribution is 2.23. The normalized spacial score (nSPS) is 10.6. The van der Waals surface area contributed by atoms with Crippen molar-refractivity contribution in [1.29, 1.82) is 0 Å². The van der Waals surface area contributed by atoms with Crippen LogP contribution in [0.3, 0.4) is 0 Å². The van der Waals surface area contributed by atoms with E-state index in [0.29, 0.717) is 17.1 Å². The SMILES string of the molecule is CC(=O)Nc1cccc(NC(=O)c2cc3cccc(C)c3n2C)c1. The third-order valence-electron chi connectivity index (χ3n) is 3.93. The van der Waals surface area contributed by atoms with Crippen molar-refractivity contribution >= 4 is 34.1 Å². The number of hydrogen-bond donors (Lipinski definition) is 2. The van der Waals surface area contributed by atoms with Gasteiger partial charge in [-0.2, -0.15) is 0 Å². The molecule has 2 aromatic carbocycles. The molecular weight excluding hydrogens is 302 g/mol. The molecule has 0 atom stereocenters. The lowest BCUT2D eigenvalue weighted by molar-refractivity contribution is -0.114. The van der Waals surface area contributed by atoms with E-state index in [9.17, 15) is 9.59 Å². The number of aryl methyl sites for hydroxylation is 2. The minimum absolute atomic E-state index is 0.150. The molecule has 0 radical (unpaired) electrons. The summed E-state index contributed by atoms with van der Waals surface area (Å²) in [6.07, 6.45) is 0. The maximum absolute atomic E-state index is 12.6. The average Bonchev–Trinajstić information content (AvgIpc) is 2.85. The molecule has 0 saturated carbocycles. The molecule has 122 valence electrons. The number of nitrogens with zero attached hydrogens (tertiary/aromatic N) is 1. The number of carbonyl (C=O) groups excluding carboxylic acids is 2. The summed E-state index contributed by atoms with van der Waals surface area (Å²) in [7, 11) is 1.89. The van der Waals surface area contributed by atoms with Gasteiger partial charge in [-0.1, -0.05) is 24.3 Å². The molecule has 5 heteroatoms. The maximum atomic E-state index is 12.6. The third kappa shape index (κ3) is 3.01. The third-order valence-corrected chi connectivity index (χ3v) is 3.93. The zero-order valence-electron chi connectivity index (χ0n) is 13.9. The highest BCUT2D eigenvalue weighted by Gasteiger charge is 2.14. The average molecular weight is 321 g/mol. The standard InChI is InChI=1S/C19H19N3O2/c1-12-6-4-7-14-10-17(22(3)18(12)14)19(24)21-16-9-5-8-15(11-16)20-13(2)23/h4-11H,1-3H3,(H,20,23)(H,21,24). The topological polar surface area (TPSA) is 63.1 Å². The molecule has 0 saturated heterocycles. The zero-order valence-corrected chi connectivity index (χ0v) is 13.9. The van der Waals surface area contributed by atoms with E-state index < -0.39 is 0 Å². The van der Waals surface area contributed by atoms with Gasteiger partial charge in [0.2, 0.25) is 5.91 Å². The molecule has 24 heavy (non-hydrogen) atoms. The van der Waals surface area contributed by atoms with Crippen LogP contribution in [0.15, 0.2) is 48.5 Å². The molecule has 0 aliphatic rings. The second-order valence-corrected chi connectivity index (χ2v) is 5.82. The van der Waals surface area contributed by atoms with E-state index in [4.69, 9.17) is 0 Å². The Morgan fingerprint density at radius 1 is 0.958 bits per heavy atom. The number of rotatable bonds is 3. The molecule has 2 amide bonds. The minimum atomic E-state index is -0.187. The number of aromatic nitrogens is 1. The van der Waals surface area contributed by atoms with Crippen LogP contribution in [0.5, 0.6) is 0 Å². The lowest BCUT2D eigenvalue weighted by Gasteiger charge is -2.09. The number of hydrogen-bond acceptors (Lipinski definition) is 2. The van der Waals surface area contributed by atoms with Crippen molar-refractivity contribution in [2.45, 2.75) is 13.8 Å². The Labute approximate surface area is 140 Å². The Bertz CT molecular complexity index is 941. The van der Waals surface area contributed by atoms with Gasteiger partial charge in [0.05, 0.1) is 5.52 Å². The summed E-state index contributed by atoms with van der Waals surface area (Å²) in [5.74, 6) is -0.337. The molecule has 0 unspecified atom stereocenters. The van der Waals surface area contributed by atoms with Gasteiger partial charge in [-0.15, -0.1) is 0 Å². The Morgan fingerprint density at radius 3 is 2.29 bits per heavy atom. The van der Waals surface area contributed by atoms with E-state index in [1.807, 2.05) is 42.8 Å². The largest absolute Gasteiger partial charge is 0.339 e. The molecule has 0 spiro atoms. The summed E-state index contributed by atoms with van der Waals surface area (Å²) < 4.78 is 1.90. The van der Waals surface area contributed by atoms with Gasteiger partial charge in [0, 0.05) is 30.7 Å². The van der Waals surface area contributed by atoms with E-state index in [2.05, 4.69) is 10.6 Å². The summed E-state index contributed by atoms with van der Waals surface area (Å²) in [5, 5.41) is 6.62. The summed E-state index contributed by atoms with van der Waals surface area (Å²) >= 11 is 0. The van der Waals surface area contributed by atoms with Crippen molar-refractivity contribution < 1.29 is 9.59 Å². The van der Waals surface area contributed by atoms with Crippen LogP contribution in [0, 0.1) is 6.92 Å². The fraction of sp³-hybridized carbons (Fsp3) is 0.158. The number of benzene rings is 2. The second kappa shape index (κ2) is 6.20. The van der Waals surface area contributed by atoms with Gasteiger partial charge < -0.3 is 15.2 Å². The molecule has 3 rings (SSSR count). The molecule has 0 bridgehead atoms. The Hall–Kier alpha value is -3.08. The van der Waals surface area contributed by atoms with Crippen molar-refractivity contribution in [3.05, 3.63) is 59.8 Å². The summed E-state index contributed by atoms with van der Waals surface area (Å²) in [4.78, 5) is 23.8. The number of para-hydroxylation sites is 1. The number of fused-ring (bicyclic) bond motifs is 1. The Kier molecular flexibility index (Phi) is 4.08. The van der Waals surface area contributed by atoms with Gasteiger partial charge in [-0.25, -0.2) is 0 Å². The summed E-state index contributed by atoms with van der Waals surface area (Å²) in [6.45, 7) is 3.48. The van der Waals surface area contributed by atoms with Gasteiger partial charge in [-0.05, 0) is 36.8 Å². The molecular formula is C19H19N3O2. The lowest BCUT2D eigenvalue weighted by Crippen LogP contribution is -2.16. The van der Waals surface area contributed by atoms with Crippen LogP contribution in [0.25, 0.3) is 10.9 Å². The van der Waals surface area contributed by atoms with Crippen LogP contribution in [0.4, 0.5) is 11.4 Å². The highest BCUT2D eigenvalue weighted by molar-refractivity contribution is 6.07. The molecule has 0 fully saturated rings. The van der Waals surface area contributed by atoms with Crippen LogP contribution >= 0.6 is 0 Å². The number of carbonyl (C=O) groups is 2. The predicted octanol–water partition coefficient (Wildman–Crippen LogP) is 3.70. The first-order chi connectivity index (χ1) is 11.5. The minimum Gasteiger partial charge on any atom is -0.339 e. The maximum Gasteiger partial charge on any atom is 0.272 e. The molecule has 0 aliphatic carbocycles. The number of nitrogens with one attached hydrogen (secondary N) is 2. The predicted molar refractivity (Wildman–Crippen MR) is 96.4 cm³/mol. The molecule has 1 aromatic heterocycles. The summed E-state index contributed by atoms with van der Waals surface area (Å²) in [6, 6.07) is 15.0. The smallest absolute Gasteiger partial charge is 0.272 e. The van der Waals surface area contributed by atoms with E-state index in [-0.39, 0.29) is 11.8 Å². The number of amides is 2. The van der Waals surface area contributed by atoms with Gasteiger partial charge >= 0.3 is 0 Å². The van der Waals surface area contributed by atoms with Crippen LogP contribution in [0.2, 0.25) is 0 Å². The van der Waals surface area contributed by atoms with Gasteiger partial charge in [0.25, 0.3) is 5.91 Å². The Morgan fingerprint density at radius 2 is 1.62 bits per heavy atom. The first-order valence-corrected chi connectivity index (χ1v) is 7.70. The second-order valence-electron chi connectivity index (χ2n) is 5.82. The van der Waals surface area contributed by atoms with E-state index in [1.165, 1.54) is 6.92 Å². The first-order valence-electron chi connectivity index (χ1n) is 7.70. The molecule has 0 aliphatic heterocycles. The molecule has 5 nitrogen and oxygen atoms in total. The number of anilines is 2. The molecule has 2 N–H and O–H groups in total. The fourth-order valence-corrected chi connectivity index (χ4v) is 2.91. The monoisotopic (exact) mass is 321 g/mol. The van der Waals surface area contributed by atoms with Crippen molar-refractivity contribution in [2.24, 2.45) is 7.05 Å². The molecule has 3 aromatic rings. The fourth-order valence-electron chi connectivity index (χ4n) is 2.91. The van der Waals surface area contributed by atoms with Crippen molar-refractivity contribution in [3.8, 4) is 0 Å². The molecule has 1 heterocycles. The van der Waals surface area contributed by atoms with Crippen LogP contribution < -0.4 is 10.6 Å². The van der Waals surface area contributed by atoms with Gasteiger partial charge in [0.15, 0.2) is 0 Å². The van der Waals surface area contributed by atoms with Gasteiger partial charge in [0.1, 0.15) is 5.69 Å². The van der Waals surface area contributed by atoms with E-state index in [1.54, 1.807) is 24.3 Å². The van der Waals surface area contributed by atoms with Crippen molar-refractivity contribution in [2.75, 3.05) is 10.6 Å². The lowest BCUT2D eigenvalue weighted by atomic mass is 10.2. The first kappa shape index (κ1) is 15.8. The van der Waals surface area contributed by atoms with Crippen molar-refractivity contribution in [3.63, 3.8) is 0 Å². The highest BCUT2D eigenvalue weighted by atomic mass is 16.2. The van der Waals surface area contributed by atoms with E-state index in [0.717, 1.165) is 16.5 Å². The van der Waals surface area contributed by atoms with E-state index >= 15 is 0 Å². The van der Waals surface area contributed by atoms with Crippen molar-refractivity contribution in [1.82, 2.24) is 4.57 Å². The van der Waals surface area contributed by atoms with Crippen LogP contribution in [-0.2, 0) is 11.8 Å². The van der Waals surface area contributed by atoms with Crippen LogP contribution in [-0.4, -0.2) is 16.4 Å². The Balaban J connectivity index is 1.89. The van der Waals surface area contributed by atoms with Gasteiger partial charge in [-0.3, -0.25) is 9.59 Å². The van der Waals surface area contributed by atoms with Crippen LogP contribution in [0.1, 0.15) is 23.0 Å². The zero-order chi connectivity index (χ0) is 17.3. The quantitative estimate of drug-likeness (QED) is 0.772.